The molecular formula is C17H18ClNOS. The molecule has 1 N–H and O–H groups in total. The van der Waals surface area contributed by atoms with Crippen molar-refractivity contribution in [3.05, 3.63) is 64.7 Å². The van der Waals surface area contributed by atoms with Crippen LogP contribution < -0.4 is 5.32 Å². The third-order valence-corrected chi connectivity index (χ3v) is 4.45. The van der Waals surface area contributed by atoms with E-state index in [-0.39, 0.29) is 11.2 Å². The fraction of sp³-hybridized carbons (Fsp3) is 0.235. The number of nitrogens with one attached hydrogen (secondary N) is 1. The van der Waals surface area contributed by atoms with E-state index in [2.05, 4.69) is 24.4 Å². The van der Waals surface area contributed by atoms with E-state index in [0.29, 0.717) is 11.6 Å². The number of rotatable bonds is 5. The van der Waals surface area contributed by atoms with Gasteiger partial charge in [-0.15, -0.1) is 11.8 Å². The molecule has 0 radical (unpaired) electrons. The highest BCUT2D eigenvalue weighted by Gasteiger charge is 2.13. The second kappa shape index (κ2) is 7.53. The fourth-order valence-corrected chi connectivity index (χ4v) is 2.83. The molecule has 0 saturated carbocycles. The molecule has 0 unspecified atom stereocenters. The topological polar surface area (TPSA) is 29.1 Å². The number of hydrogen-bond donors (Lipinski definition) is 1. The molecule has 4 heteroatoms. The molecule has 0 aromatic heterocycles. The third-order valence-electron chi connectivity index (χ3n) is 3.08. The number of thioether (sulfide) groups is 1. The summed E-state index contributed by atoms with van der Waals surface area (Å²) >= 11 is 7.40. The molecule has 0 aliphatic carbocycles. The molecule has 2 rings (SSSR count). The highest BCUT2D eigenvalue weighted by atomic mass is 35.5. The van der Waals surface area contributed by atoms with Crippen LogP contribution >= 0.6 is 23.4 Å². The summed E-state index contributed by atoms with van der Waals surface area (Å²) in [5, 5.41) is 3.52. The van der Waals surface area contributed by atoms with Crippen molar-refractivity contribution >= 4 is 29.3 Å². The lowest BCUT2D eigenvalue weighted by Crippen LogP contribution is -2.30. The van der Waals surface area contributed by atoms with Crippen LogP contribution in [0, 0.1) is 6.92 Å². The first-order valence-electron chi connectivity index (χ1n) is 6.80. The summed E-state index contributed by atoms with van der Waals surface area (Å²) in [6.07, 6.45) is 0. The van der Waals surface area contributed by atoms with Gasteiger partial charge >= 0.3 is 0 Å². The predicted molar refractivity (Wildman–Crippen MR) is 89.8 cm³/mol. The van der Waals surface area contributed by atoms with E-state index in [1.54, 1.807) is 11.8 Å². The Morgan fingerprint density at radius 1 is 1.14 bits per heavy atom. The Balaban J connectivity index is 1.84. The number of benzene rings is 2. The normalized spacial score (nSPS) is 12.0. The van der Waals surface area contributed by atoms with Crippen molar-refractivity contribution < 1.29 is 4.79 Å². The third kappa shape index (κ3) is 5.10. The van der Waals surface area contributed by atoms with Crippen molar-refractivity contribution in [3.63, 3.8) is 0 Å². The minimum atomic E-state index is -0.125. The molecule has 1 atom stereocenters. The van der Waals surface area contributed by atoms with Crippen LogP contribution in [0.4, 0.5) is 0 Å². The lowest BCUT2D eigenvalue weighted by Gasteiger charge is -2.12. The number of hydrogen-bond acceptors (Lipinski definition) is 2. The molecule has 110 valence electrons. The van der Waals surface area contributed by atoms with Crippen molar-refractivity contribution in [2.75, 3.05) is 0 Å². The highest BCUT2D eigenvalue weighted by molar-refractivity contribution is 8.00. The lowest BCUT2D eigenvalue weighted by atomic mass is 10.2. The maximum atomic E-state index is 12.1. The van der Waals surface area contributed by atoms with Gasteiger partial charge in [-0.3, -0.25) is 4.79 Å². The first-order chi connectivity index (χ1) is 10.0. The number of halogens is 1. The molecule has 2 nitrogen and oxygen atoms in total. The van der Waals surface area contributed by atoms with Crippen molar-refractivity contribution in [1.82, 2.24) is 5.32 Å². The van der Waals surface area contributed by atoms with Crippen LogP contribution in [-0.4, -0.2) is 11.2 Å². The van der Waals surface area contributed by atoms with Crippen molar-refractivity contribution in [3.8, 4) is 0 Å². The predicted octanol–water partition coefficient (Wildman–Crippen LogP) is 4.45. The SMILES string of the molecule is Cc1ccc(S[C@@H](C)C(=O)NCc2ccc(Cl)cc2)cc1. The summed E-state index contributed by atoms with van der Waals surface area (Å²) in [7, 11) is 0. The standard InChI is InChI=1S/C17H18ClNOS/c1-12-3-9-16(10-4-12)21-13(2)17(20)19-11-14-5-7-15(18)8-6-14/h3-10,13H,11H2,1-2H3,(H,19,20)/t13-/m0/s1. The summed E-state index contributed by atoms with van der Waals surface area (Å²) in [5.41, 5.74) is 2.26. The summed E-state index contributed by atoms with van der Waals surface area (Å²) in [5.74, 6) is 0.0375. The molecular weight excluding hydrogens is 302 g/mol. The van der Waals surface area contributed by atoms with Crippen LogP contribution in [0.3, 0.4) is 0 Å². The number of aryl methyl sites for hydroxylation is 1. The van der Waals surface area contributed by atoms with E-state index in [4.69, 9.17) is 11.6 Å². The van der Waals surface area contributed by atoms with Gasteiger partial charge in [-0.25, -0.2) is 0 Å². The van der Waals surface area contributed by atoms with E-state index < -0.39 is 0 Å². The maximum absolute atomic E-state index is 12.1. The van der Waals surface area contributed by atoms with Crippen LogP contribution in [0.25, 0.3) is 0 Å². The minimum Gasteiger partial charge on any atom is -0.351 e. The van der Waals surface area contributed by atoms with Gasteiger partial charge in [0.1, 0.15) is 0 Å². The summed E-state index contributed by atoms with van der Waals surface area (Å²) in [6, 6.07) is 15.7. The van der Waals surface area contributed by atoms with Crippen molar-refractivity contribution in [1.29, 1.82) is 0 Å². The number of carbonyl (C=O) groups is 1. The second-order valence-corrected chi connectivity index (χ2v) is 6.77. The van der Waals surface area contributed by atoms with Gasteiger partial charge in [0.05, 0.1) is 5.25 Å². The maximum Gasteiger partial charge on any atom is 0.233 e. The van der Waals surface area contributed by atoms with Crippen molar-refractivity contribution in [2.24, 2.45) is 0 Å². The molecule has 0 aliphatic heterocycles. The van der Waals surface area contributed by atoms with E-state index in [0.717, 1.165) is 10.5 Å². The van der Waals surface area contributed by atoms with Gasteiger partial charge in [0.15, 0.2) is 0 Å². The Morgan fingerprint density at radius 3 is 2.38 bits per heavy atom. The van der Waals surface area contributed by atoms with Gasteiger partial charge in [0.25, 0.3) is 0 Å². The molecule has 0 fully saturated rings. The van der Waals surface area contributed by atoms with E-state index in [1.807, 2.05) is 43.3 Å². The smallest absolute Gasteiger partial charge is 0.233 e. The zero-order valence-corrected chi connectivity index (χ0v) is 13.7. The Labute approximate surface area is 134 Å². The Morgan fingerprint density at radius 2 is 1.76 bits per heavy atom. The molecule has 2 aromatic rings. The number of amides is 1. The molecule has 0 spiro atoms. The fourth-order valence-electron chi connectivity index (χ4n) is 1.81. The van der Waals surface area contributed by atoms with Gasteiger partial charge in [-0.1, -0.05) is 41.4 Å². The van der Waals surface area contributed by atoms with Gasteiger partial charge in [-0.2, -0.15) is 0 Å². The van der Waals surface area contributed by atoms with Gasteiger partial charge in [0, 0.05) is 16.5 Å². The molecule has 0 aliphatic rings. The molecule has 0 saturated heterocycles. The quantitative estimate of drug-likeness (QED) is 0.825. The Hall–Kier alpha value is -1.45. The monoisotopic (exact) mass is 319 g/mol. The van der Waals surface area contributed by atoms with Gasteiger partial charge in [-0.05, 0) is 43.7 Å². The Kier molecular flexibility index (Phi) is 5.71. The van der Waals surface area contributed by atoms with Gasteiger partial charge < -0.3 is 5.32 Å². The lowest BCUT2D eigenvalue weighted by molar-refractivity contribution is -0.120. The summed E-state index contributed by atoms with van der Waals surface area (Å²) in [6.45, 7) is 4.49. The Bertz CT molecular complexity index is 595. The second-order valence-electron chi connectivity index (χ2n) is 4.92. The van der Waals surface area contributed by atoms with E-state index in [9.17, 15) is 4.79 Å². The zero-order chi connectivity index (χ0) is 15.2. The van der Waals surface area contributed by atoms with E-state index in [1.165, 1.54) is 5.56 Å². The van der Waals surface area contributed by atoms with Crippen LogP contribution in [0.2, 0.25) is 5.02 Å². The van der Waals surface area contributed by atoms with Crippen LogP contribution in [0.1, 0.15) is 18.1 Å². The minimum absolute atomic E-state index is 0.0375. The van der Waals surface area contributed by atoms with Crippen LogP contribution in [0.5, 0.6) is 0 Å². The molecule has 21 heavy (non-hydrogen) atoms. The number of carbonyl (C=O) groups excluding carboxylic acids is 1. The highest BCUT2D eigenvalue weighted by Crippen LogP contribution is 2.23. The molecule has 1 amide bonds. The first-order valence-corrected chi connectivity index (χ1v) is 8.06. The average Bonchev–Trinajstić information content (AvgIpc) is 2.48. The summed E-state index contributed by atoms with van der Waals surface area (Å²) < 4.78 is 0. The first kappa shape index (κ1) is 15.9. The van der Waals surface area contributed by atoms with Crippen LogP contribution in [0.15, 0.2) is 53.4 Å². The van der Waals surface area contributed by atoms with Crippen LogP contribution in [-0.2, 0) is 11.3 Å². The van der Waals surface area contributed by atoms with E-state index >= 15 is 0 Å². The summed E-state index contributed by atoms with van der Waals surface area (Å²) in [4.78, 5) is 13.2. The molecule has 2 aromatic carbocycles. The zero-order valence-electron chi connectivity index (χ0n) is 12.1. The van der Waals surface area contributed by atoms with Crippen molar-refractivity contribution in [2.45, 2.75) is 30.5 Å². The largest absolute Gasteiger partial charge is 0.351 e. The molecule has 0 bridgehead atoms. The average molecular weight is 320 g/mol. The molecule has 0 heterocycles. The van der Waals surface area contributed by atoms with Gasteiger partial charge in [0.2, 0.25) is 5.91 Å².